The van der Waals surface area contributed by atoms with Gasteiger partial charge in [-0.05, 0) is 48.0 Å². The highest BCUT2D eigenvalue weighted by atomic mass is 32.2. The van der Waals surface area contributed by atoms with Crippen molar-refractivity contribution < 1.29 is 9.59 Å². The quantitative estimate of drug-likeness (QED) is 0.577. The van der Waals surface area contributed by atoms with Crippen LogP contribution in [0, 0.1) is 0 Å². The number of nitrogens with one attached hydrogen (secondary N) is 1. The molecule has 2 amide bonds. The standard InChI is InChI=1S/C23H21N3O2S2/c27-22(21-15-29-16-26(21)23(28)18-6-2-1-3-7-18)25-19-8-10-20(11-9-19)30-14-17-5-4-12-24-13-17/h1-13,21H,14-16H2,(H,25,27). The summed E-state index contributed by atoms with van der Waals surface area (Å²) in [6.45, 7) is 0. The van der Waals surface area contributed by atoms with Crippen molar-refractivity contribution in [2.24, 2.45) is 0 Å². The molecule has 0 bridgehead atoms. The molecule has 152 valence electrons. The molecule has 4 rings (SSSR count). The van der Waals surface area contributed by atoms with Crippen LogP contribution in [0.5, 0.6) is 0 Å². The normalized spacial score (nSPS) is 15.7. The van der Waals surface area contributed by atoms with Crippen LogP contribution in [-0.4, -0.2) is 39.4 Å². The Balaban J connectivity index is 1.35. The summed E-state index contributed by atoms with van der Waals surface area (Å²) >= 11 is 3.31. The lowest BCUT2D eigenvalue weighted by molar-refractivity contribution is -0.119. The fraction of sp³-hybridized carbons (Fsp3) is 0.174. The van der Waals surface area contributed by atoms with E-state index >= 15 is 0 Å². The lowest BCUT2D eigenvalue weighted by Crippen LogP contribution is -2.44. The molecule has 1 aliphatic rings. The summed E-state index contributed by atoms with van der Waals surface area (Å²) < 4.78 is 0. The van der Waals surface area contributed by atoms with Gasteiger partial charge in [0.15, 0.2) is 0 Å². The first kappa shape index (κ1) is 20.5. The third-order valence-corrected chi connectivity index (χ3v) is 6.81. The Morgan fingerprint density at radius 2 is 1.87 bits per heavy atom. The van der Waals surface area contributed by atoms with Crippen LogP contribution < -0.4 is 5.32 Å². The Morgan fingerprint density at radius 1 is 1.07 bits per heavy atom. The van der Waals surface area contributed by atoms with Gasteiger partial charge in [0, 0.05) is 40.0 Å². The van der Waals surface area contributed by atoms with Crippen LogP contribution >= 0.6 is 23.5 Å². The van der Waals surface area contributed by atoms with Gasteiger partial charge in [-0.2, -0.15) is 0 Å². The molecule has 7 heteroatoms. The topological polar surface area (TPSA) is 62.3 Å². The van der Waals surface area contributed by atoms with E-state index in [1.807, 2.05) is 54.7 Å². The van der Waals surface area contributed by atoms with E-state index in [4.69, 9.17) is 0 Å². The molecule has 2 heterocycles. The molecule has 1 saturated heterocycles. The fourth-order valence-electron chi connectivity index (χ4n) is 3.12. The summed E-state index contributed by atoms with van der Waals surface area (Å²) in [5.74, 6) is 1.71. The molecule has 30 heavy (non-hydrogen) atoms. The molecule has 1 atom stereocenters. The lowest BCUT2D eigenvalue weighted by Gasteiger charge is -2.23. The number of hydrogen-bond acceptors (Lipinski definition) is 5. The molecule has 0 spiro atoms. The van der Waals surface area contributed by atoms with Gasteiger partial charge in [-0.1, -0.05) is 24.3 Å². The van der Waals surface area contributed by atoms with Crippen LogP contribution in [0.15, 0.2) is 84.0 Å². The Labute approximate surface area is 184 Å². The van der Waals surface area contributed by atoms with Crippen LogP contribution in [-0.2, 0) is 10.5 Å². The highest BCUT2D eigenvalue weighted by molar-refractivity contribution is 7.99. The Morgan fingerprint density at radius 3 is 2.60 bits per heavy atom. The maximum atomic E-state index is 12.8. The zero-order valence-corrected chi connectivity index (χ0v) is 17.9. The van der Waals surface area contributed by atoms with Crippen LogP contribution in [0.1, 0.15) is 15.9 Å². The van der Waals surface area contributed by atoms with E-state index in [-0.39, 0.29) is 11.8 Å². The van der Waals surface area contributed by atoms with Gasteiger partial charge in [0.25, 0.3) is 5.91 Å². The zero-order valence-electron chi connectivity index (χ0n) is 16.2. The molecule has 1 aromatic heterocycles. The number of nitrogens with zero attached hydrogens (tertiary/aromatic N) is 2. The highest BCUT2D eigenvalue weighted by Crippen LogP contribution is 2.26. The minimum atomic E-state index is -0.470. The minimum absolute atomic E-state index is 0.108. The average molecular weight is 436 g/mol. The van der Waals surface area contributed by atoms with E-state index in [2.05, 4.69) is 16.4 Å². The molecule has 2 aromatic carbocycles. The van der Waals surface area contributed by atoms with Gasteiger partial charge in [0.1, 0.15) is 6.04 Å². The molecule has 1 aliphatic heterocycles. The smallest absolute Gasteiger partial charge is 0.255 e. The van der Waals surface area contributed by atoms with Crippen LogP contribution in [0.2, 0.25) is 0 Å². The third kappa shape index (κ3) is 5.04. The van der Waals surface area contributed by atoms with Crippen LogP contribution in [0.3, 0.4) is 0 Å². The predicted octanol–water partition coefficient (Wildman–Crippen LogP) is 4.53. The number of carbonyl (C=O) groups excluding carboxylic acids is 2. The average Bonchev–Trinajstić information content (AvgIpc) is 3.29. The first-order chi connectivity index (χ1) is 14.7. The molecule has 3 aromatic rings. The number of amides is 2. The number of benzene rings is 2. The van der Waals surface area contributed by atoms with Crippen molar-refractivity contribution >= 4 is 41.0 Å². The summed E-state index contributed by atoms with van der Waals surface area (Å²) in [4.78, 5) is 32.5. The van der Waals surface area contributed by atoms with Gasteiger partial charge >= 0.3 is 0 Å². The number of carbonyl (C=O) groups is 2. The van der Waals surface area contributed by atoms with Gasteiger partial charge in [0.2, 0.25) is 5.91 Å². The lowest BCUT2D eigenvalue weighted by atomic mass is 10.1. The molecule has 1 fully saturated rings. The first-order valence-corrected chi connectivity index (χ1v) is 11.7. The molecule has 0 radical (unpaired) electrons. The summed E-state index contributed by atoms with van der Waals surface area (Å²) in [7, 11) is 0. The van der Waals surface area contributed by atoms with Crippen molar-refractivity contribution in [1.82, 2.24) is 9.88 Å². The Hall–Kier alpha value is -2.77. The van der Waals surface area contributed by atoms with Crippen molar-refractivity contribution in [3.05, 3.63) is 90.3 Å². The van der Waals surface area contributed by atoms with E-state index < -0.39 is 6.04 Å². The van der Waals surface area contributed by atoms with Crippen LogP contribution in [0.25, 0.3) is 0 Å². The van der Waals surface area contributed by atoms with E-state index in [9.17, 15) is 9.59 Å². The Kier molecular flexibility index (Phi) is 6.71. The second kappa shape index (κ2) is 9.82. The van der Waals surface area contributed by atoms with Crippen molar-refractivity contribution in [3.8, 4) is 0 Å². The molecule has 5 nitrogen and oxygen atoms in total. The van der Waals surface area contributed by atoms with Gasteiger partial charge in [-0.15, -0.1) is 23.5 Å². The largest absolute Gasteiger partial charge is 0.324 e. The number of thioether (sulfide) groups is 2. The van der Waals surface area contributed by atoms with E-state index in [1.54, 1.807) is 46.8 Å². The second-order valence-corrected chi connectivity index (χ2v) is 8.87. The third-order valence-electron chi connectivity index (χ3n) is 4.72. The van der Waals surface area contributed by atoms with Crippen molar-refractivity contribution in [2.45, 2.75) is 16.7 Å². The summed E-state index contributed by atoms with van der Waals surface area (Å²) in [5.41, 5.74) is 2.50. The summed E-state index contributed by atoms with van der Waals surface area (Å²) in [6.07, 6.45) is 3.63. The molecule has 1 N–H and O–H groups in total. The summed E-state index contributed by atoms with van der Waals surface area (Å²) in [5, 5.41) is 2.96. The zero-order chi connectivity index (χ0) is 20.8. The first-order valence-electron chi connectivity index (χ1n) is 9.57. The molecular weight excluding hydrogens is 414 g/mol. The molecule has 0 aliphatic carbocycles. The number of pyridine rings is 1. The van der Waals surface area contributed by atoms with E-state index in [0.29, 0.717) is 17.2 Å². The maximum Gasteiger partial charge on any atom is 0.255 e. The predicted molar refractivity (Wildman–Crippen MR) is 123 cm³/mol. The van der Waals surface area contributed by atoms with Gasteiger partial charge in [-0.3, -0.25) is 14.6 Å². The maximum absolute atomic E-state index is 12.8. The van der Waals surface area contributed by atoms with Crippen LogP contribution in [0.4, 0.5) is 5.69 Å². The SMILES string of the molecule is O=C(Nc1ccc(SCc2cccnc2)cc1)C1CSCN1C(=O)c1ccccc1. The van der Waals surface area contributed by atoms with Crippen molar-refractivity contribution in [3.63, 3.8) is 0 Å². The summed E-state index contributed by atoms with van der Waals surface area (Å²) in [6, 6.07) is 20.4. The number of rotatable bonds is 6. The van der Waals surface area contributed by atoms with E-state index in [1.165, 1.54) is 5.56 Å². The number of anilines is 1. The molecule has 1 unspecified atom stereocenters. The monoisotopic (exact) mass is 435 g/mol. The van der Waals surface area contributed by atoms with Crippen molar-refractivity contribution in [2.75, 3.05) is 16.9 Å². The fourth-order valence-corrected chi connectivity index (χ4v) is 5.10. The molecular formula is C23H21N3O2S2. The Bertz CT molecular complexity index is 998. The van der Waals surface area contributed by atoms with Gasteiger partial charge in [-0.25, -0.2) is 0 Å². The van der Waals surface area contributed by atoms with E-state index in [0.717, 1.165) is 16.3 Å². The number of aromatic nitrogens is 1. The minimum Gasteiger partial charge on any atom is -0.324 e. The van der Waals surface area contributed by atoms with Gasteiger partial charge in [0.05, 0.1) is 5.88 Å². The molecule has 0 saturated carbocycles. The number of hydrogen-bond donors (Lipinski definition) is 1. The van der Waals surface area contributed by atoms with Gasteiger partial charge < -0.3 is 10.2 Å². The highest BCUT2D eigenvalue weighted by Gasteiger charge is 2.35. The van der Waals surface area contributed by atoms with Crippen molar-refractivity contribution in [1.29, 1.82) is 0 Å². The second-order valence-electron chi connectivity index (χ2n) is 6.82.